The molecule has 4 aromatic rings. The first-order valence-electron chi connectivity index (χ1n) is 9.31. The Morgan fingerprint density at radius 1 is 0.571 bits per heavy atom. The second-order valence-corrected chi connectivity index (χ2v) is 6.65. The molecule has 0 spiro atoms. The molecule has 0 fully saturated rings. The Bertz CT molecular complexity index is 989. The second-order valence-electron chi connectivity index (χ2n) is 6.65. The van der Waals surface area contributed by atoms with E-state index in [-0.39, 0.29) is 5.78 Å². The van der Waals surface area contributed by atoms with Crippen LogP contribution in [0.1, 0.15) is 38.4 Å². The largest absolute Gasteiger partial charge is 0.288 e. The Hall–Kier alpha value is -3.59. The van der Waals surface area contributed by atoms with E-state index < -0.39 is 0 Å². The van der Waals surface area contributed by atoms with Crippen LogP contribution in [0, 0.1) is 0 Å². The maximum Gasteiger partial charge on any atom is 0.196 e. The van der Waals surface area contributed by atoms with Crippen LogP contribution >= 0.6 is 0 Å². The lowest BCUT2D eigenvalue weighted by Crippen LogP contribution is -2.11. The van der Waals surface area contributed by atoms with Crippen LogP contribution in [0.25, 0.3) is 0 Å². The van der Waals surface area contributed by atoms with Crippen LogP contribution in [0.2, 0.25) is 0 Å². The summed E-state index contributed by atoms with van der Waals surface area (Å²) in [6.45, 7) is 0. The Kier molecular flexibility index (Phi) is 5.34. The van der Waals surface area contributed by atoms with E-state index in [1.165, 1.54) is 0 Å². The summed E-state index contributed by atoms with van der Waals surface area (Å²) in [6, 6.07) is 27.5. The highest BCUT2D eigenvalue weighted by atomic mass is 16.1. The Balaban J connectivity index is 1.67. The van der Waals surface area contributed by atoms with Crippen molar-refractivity contribution >= 4 is 5.78 Å². The van der Waals surface area contributed by atoms with Crippen molar-refractivity contribution in [2.75, 3.05) is 0 Å². The molecule has 0 saturated heterocycles. The number of nitrogens with zero attached hydrogens (tertiary/aromatic N) is 2. The smallest absolute Gasteiger partial charge is 0.196 e. The number of ketones is 1. The summed E-state index contributed by atoms with van der Waals surface area (Å²) in [4.78, 5) is 22.4. The van der Waals surface area contributed by atoms with Gasteiger partial charge in [-0.3, -0.25) is 14.8 Å². The highest BCUT2D eigenvalue weighted by Crippen LogP contribution is 2.19. The topological polar surface area (TPSA) is 42.9 Å². The minimum atomic E-state index is -0.0296. The standard InChI is InChI=1S/C25H20N2O/c28-25(21-13-7-15-26-23(21)17-19-9-3-1-4-10-19)22-14-8-16-27-24(22)18-20-11-5-2-6-12-20/h1-16H,17-18H2. The molecular weight excluding hydrogens is 344 g/mol. The summed E-state index contributed by atoms with van der Waals surface area (Å²) < 4.78 is 0. The molecule has 0 aliphatic rings. The molecule has 0 aliphatic heterocycles. The van der Waals surface area contributed by atoms with E-state index in [1.807, 2.05) is 84.9 Å². The second kappa shape index (κ2) is 8.40. The van der Waals surface area contributed by atoms with Crippen LogP contribution in [-0.4, -0.2) is 15.8 Å². The van der Waals surface area contributed by atoms with Gasteiger partial charge in [-0.25, -0.2) is 0 Å². The third kappa shape index (κ3) is 4.04. The number of hydrogen-bond acceptors (Lipinski definition) is 3. The number of aromatic nitrogens is 2. The van der Waals surface area contributed by atoms with E-state index in [2.05, 4.69) is 9.97 Å². The number of carbonyl (C=O) groups excluding carboxylic acids is 1. The molecule has 0 aliphatic carbocycles. The van der Waals surface area contributed by atoms with Crippen molar-refractivity contribution in [3.8, 4) is 0 Å². The fraction of sp³-hybridized carbons (Fsp3) is 0.0800. The zero-order chi connectivity index (χ0) is 19.2. The van der Waals surface area contributed by atoms with Gasteiger partial charge in [-0.15, -0.1) is 0 Å². The summed E-state index contributed by atoms with van der Waals surface area (Å²) >= 11 is 0. The minimum Gasteiger partial charge on any atom is -0.288 e. The molecule has 3 heteroatoms. The zero-order valence-corrected chi connectivity index (χ0v) is 15.5. The van der Waals surface area contributed by atoms with Gasteiger partial charge in [0.2, 0.25) is 0 Å². The monoisotopic (exact) mass is 364 g/mol. The van der Waals surface area contributed by atoms with Crippen LogP contribution in [0.4, 0.5) is 0 Å². The molecule has 2 aromatic heterocycles. The van der Waals surface area contributed by atoms with Crippen molar-refractivity contribution in [2.24, 2.45) is 0 Å². The van der Waals surface area contributed by atoms with Crippen molar-refractivity contribution in [1.29, 1.82) is 0 Å². The molecule has 0 saturated carbocycles. The molecule has 3 nitrogen and oxygen atoms in total. The fourth-order valence-corrected chi connectivity index (χ4v) is 3.29. The first-order valence-corrected chi connectivity index (χ1v) is 9.31. The van der Waals surface area contributed by atoms with E-state index in [0.717, 1.165) is 22.5 Å². The quantitative estimate of drug-likeness (QED) is 0.458. The predicted octanol–water partition coefficient (Wildman–Crippen LogP) is 4.89. The van der Waals surface area contributed by atoms with Crippen LogP contribution in [0.5, 0.6) is 0 Å². The molecule has 28 heavy (non-hydrogen) atoms. The zero-order valence-electron chi connectivity index (χ0n) is 15.5. The van der Waals surface area contributed by atoms with E-state index >= 15 is 0 Å². The Morgan fingerprint density at radius 2 is 1.00 bits per heavy atom. The maximum atomic E-state index is 13.4. The molecule has 0 amide bonds. The summed E-state index contributed by atoms with van der Waals surface area (Å²) in [5.41, 5.74) is 5.10. The number of rotatable bonds is 6. The van der Waals surface area contributed by atoms with Crippen molar-refractivity contribution < 1.29 is 4.79 Å². The molecule has 136 valence electrons. The first-order chi connectivity index (χ1) is 13.8. The van der Waals surface area contributed by atoms with Gasteiger partial charge in [-0.05, 0) is 35.4 Å². The Morgan fingerprint density at radius 3 is 1.43 bits per heavy atom. The van der Waals surface area contributed by atoms with E-state index in [1.54, 1.807) is 12.4 Å². The summed E-state index contributed by atoms with van der Waals surface area (Å²) in [7, 11) is 0. The summed E-state index contributed by atoms with van der Waals surface area (Å²) in [5, 5.41) is 0. The molecule has 0 N–H and O–H groups in total. The van der Waals surface area contributed by atoms with Gasteiger partial charge in [0.15, 0.2) is 5.78 Å². The van der Waals surface area contributed by atoms with E-state index in [9.17, 15) is 4.79 Å². The van der Waals surface area contributed by atoms with E-state index in [4.69, 9.17) is 0 Å². The average Bonchev–Trinajstić information content (AvgIpc) is 2.76. The highest BCUT2D eigenvalue weighted by molar-refractivity contribution is 6.10. The van der Waals surface area contributed by atoms with Gasteiger partial charge < -0.3 is 0 Å². The molecule has 0 bridgehead atoms. The van der Waals surface area contributed by atoms with Gasteiger partial charge in [0.05, 0.1) is 11.4 Å². The lowest BCUT2D eigenvalue weighted by molar-refractivity contribution is 0.103. The van der Waals surface area contributed by atoms with Crippen LogP contribution < -0.4 is 0 Å². The van der Waals surface area contributed by atoms with Crippen LogP contribution in [0.15, 0.2) is 97.3 Å². The van der Waals surface area contributed by atoms with Crippen molar-refractivity contribution in [3.05, 3.63) is 131 Å². The fourth-order valence-electron chi connectivity index (χ4n) is 3.29. The maximum absolute atomic E-state index is 13.4. The lowest BCUT2D eigenvalue weighted by atomic mass is 9.95. The SMILES string of the molecule is O=C(c1cccnc1Cc1ccccc1)c1cccnc1Cc1ccccc1. The normalized spacial score (nSPS) is 10.6. The summed E-state index contributed by atoms with van der Waals surface area (Å²) in [5.74, 6) is -0.0296. The number of hydrogen-bond donors (Lipinski definition) is 0. The van der Waals surface area contributed by atoms with Crippen molar-refractivity contribution in [1.82, 2.24) is 9.97 Å². The van der Waals surface area contributed by atoms with Gasteiger partial charge in [-0.1, -0.05) is 60.7 Å². The van der Waals surface area contributed by atoms with Crippen molar-refractivity contribution in [3.63, 3.8) is 0 Å². The number of benzene rings is 2. The molecule has 2 heterocycles. The van der Waals surface area contributed by atoms with Gasteiger partial charge in [0.25, 0.3) is 0 Å². The molecule has 4 rings (SSSR count). The third-order valence-corrected chi connectivity index (χ3v) is 4.70. The van der Waals surface area contributed by atoms with Crippen LogP contribution in [0.3, 0.4) is 0 Å². The average molecular weight is 364 g/mol. The molecule has 2 aromatic carbocycles. The minimum absolute atomic E-state index is 0.0296. The third-order valence-electron chi connectivity index (χ3n) is 4.70. The molecule has 0 atom stereocenters. The predicted molar refractivity (Wildman–Crippen MR) is 110 cm³/mol. The number of carbonyl (C=O) groups is 1. The first kappa shape index (κ1) is 17.8. The van der Waals surface area contributed by atoms with Gasteiger partial charge in [-0.2, -0.15) is 0 Å². The number of pyridine rings is 2. The lowest BCUT2D eigenvalue weighted by Gasteiger charge is -2.11. The Labute approximate surface area is 164 Å². The van der Waals surface area contributed by atoms with Gasteiger partial charge >= 0.3 is 0 Å². The molecule has 0 radical (unpaired) electrons. The van der Waals surface area contributed by atoms with Crippen molar-refractivity contribution in [2.45, 2.75) is 12.8 Å². The van der Waals surface area contributed by atoms with Gasteiger partial charge in [0.1, 0.15) is 0 Å². The molecular formula is C25H20N2O. The van der Waals surface area contributed by atoms with Crippen LogP contribution in [-0.2, 0) is 12.8 Å². The highest BCUT2D eigenvalue weighted by Gasteiger charge is 2.18. The van der Waals surface area contributed by atoms with E-state index in [0.29, 0.717) is 24.0 Å². The molecule has 0 unspecified atom stereocenters. The van der Waals surface area contributed by atoms with Gasteiger partial charge in [0, 0.05) is 36.4 Å². The summed E-state index contributed by atoms with van der Waals surface area (Å²) in [6.07, 6.45) is 4.72.